The lowest BCUT2D eigenvalue weighted by Crippen LogP contribution is -2.31. The van der Waals surface area contributed by atoms with Crippen LogP contribution in [0.3, 0.4) is 0 Å². The van der Waals surface area contributed by atoms with Gasteiger partial charge in [0.2, 0.25) is 0 Å². The molecule has 1 aliphatic rings. The maximum Gasteiger partial charge on any atom is 0.573 e. The minimum absolute atomic E-state index is 0.122. The van der Waals surface area contributed by atoms with Crippen molar-refractivity contribution in [2.75, 3.05) is 23.4 Å². The fraction of sp³-hybridized carbons (Fsp3) is 0.182. The third-order valence-electron chi connectivity index (χ3n) is 4.73. The number of aromatic nitrogens is 1. The highest BCUT2D eigenvalue weighted by molar-refractivity contribution is 6.33. The first-order valence-electron chi connectivity index (χ1n) is 9.71. The minimum Gasteiger partial charge on any atom is -0.489 e. The van der Waals surface area contributed by atoms with E-state index in [9.17, 15) is 23.1 Å². The Morgan fingerprint density at radius 1 is 1.24 bits per heavy atom. The third kappa shape index (κ3) is 5.12. The predicted molar refractivity (Wildman–Crippen MR) is 115 cm³/mol. The van der Waals surface area contributed by atoms with Crippen LogP contribution >= 0.6 is 11.6 Å². The lowest BCUT2D eigenvalue weighted by molar-refractivity contribution is -0.274. The number of benzene rings is 2. The van der Waals surface area contributed by atoms with Gasteiger partial charge in [0.25, 0.3) is 5.91 Å². The van der Waals surface area contributed by atoms with Gasteiger partial charge < -0.3 is 24.8 Å². The van der Waals surface area contributed by atoms with E-state index in [0.29, 0.717) is 28.6 Å². The molecule has 0 fully saturated rings. The highest BCUT2D eigenvalue weighted by Crippen LogP contribution is 2.41. The normalized spacial score (nSPS) is 13.2. The number of hydrogen-bond acceptors (Lipinski definition) is 6. The molecule has 0 aliphatic carbocycles. The molecule has 0 saturated carbocycles. The van der Waals surface area contributed by atoms with Crippen LogP contribution in [0.4, 0.5) is 30.4 Å². The molecule has 0 saturated heterocycles. The SMILES string of the molecule is O=C(Nc1cccc(OC(F)(F)F)c1)c1cccc2c1OCCN2c1ncc(CO)cc1Cl. The van der Waals surface area contributed by atoms with Gasteiger partial charge in [0, 0.05) is 18.0 Å². The number of nitrogens with one attached hydrogen (secondary N) is 1. The summed E-state index contributed by atoms with van der Waals surface area (Å²) >= 11 is 6.35. The number of carbonyl (C=O) groups is 1. The number of rotatable bonds is 5. The van der Waals surface area contributed by atoms with Gasteiger partial charge in [-0.1, -0.05) is 23.7 Å². The predicted octanol–water partition coefficient (Wildman–Crippen LogP) is 4.91. The van der Waals surface area contributed by atoms with E-state index in [1.54, 1.807) is 23.1 Å². The van der Waals surface area contributed by atoms with Gasteiger partial charge in [-0.2, -0.15) is 0 Å². The Bertz CT molecular complexity index is 1190. The van der Waals surface area contributed by atoms with E-state index in [-0.39, 0.29) is 30.2 Å². The summed E-state index contributed by atoms with van der Waals surface area (Å²) in [6.07, 6.45) is -3.34. The van der Waals surface area contributed by atoms with Gasteiger partial charge in [-0.25, -0.2) is 4.98 Å². The Hall–Kier alpha value is -3.50. The van der Waals surface area contributed by atoms with E-state index in [1.807, 2.05) is 0 Å². The summed E-state index contributed by atoms with van der Waals surface area (Å²) in [6.45, 7) is 0.457. The van der Waals surface area contributed by atoms with Crippen LogP contribution in [0.5, 0.6) is 11.5 Å². The molecule has 7 nitrogen and oxygen atoms in total. The topological polar surface area (TPSA) is 83.9 Å². The van der Waals surface area contributed by atoms with Crippen molar-refractivity contribution in [3.8, 4) is 11.5 Å². The van der Waals surface area contributed by atoms with E-state index in [0.717, 1.165) is 12.1 Å². The maximum absolute atomic E-state index is 12.9. The molecule has 11 heteroatoms. The molecule has 1 amide bonds. The second kappa shape index (κ2) is 9.16. The second-order valence-corrected chi connectivity index (χ2v) is 7.40. The molecule has 1 aliphatic heterocycles. The number of amides is 1. The molecule has 3 aromatic rings. The van der Waals surface area contributed by atoms with Gasteiger partial charge in [-0.05, 0) is 35.9 Å². The molecule has 0 bridgehead atoms. The Morgan fingerprint density at radius 3 is 2.76 bits per heavy atom. The quantitative estimate of drug-likeness (QED) is 0.541. The highest BCUT2D eigenvalue weighted by atomic mass is 35.5. The number of carbonyl (C=O) groups excluding carboxylic acids is 1. The summed E-state index contributed by atoms with van der Waals surface area (Å²) in [4.78, 5) is 19.0. The summed E-state index contributed by atoms with van der Waals surface area (Å²) in [5, 5.41) is 12.2. The fourth-order valence-electron chi connectivity index (χ4n) is 3.37. The number of aliphatic hydroxyl groups is 1. The van der Waals surface area contributed by atoms with Crippen molar-refractivity contribution in [2.24, 2.45) is 0 Å². The molecule has 0 radical (unpaired) electrons. The van der Waals surface area contributed by atoms with Crippen molar-refractivity contribution in [2.45, 2.75) is 13.0 Å². The largest absolute Gasteiger partial charge is 0.573 e. The average Bonchev–Trinajstić information content (AvgIpc) is 2.77. The van der Waals surface area contributed by atoms with E-state index >= 15 is 0 Å². The smallest absolute Gasteiger partial charge is 0.489 e. The van der Waals surface area contributed by atoms with Gasteiger partial charge in [0.1, 0.15) is 12.4 Å². The van der Waals surface area contributed by atoms with Crippen molar-refractivity contribution in [3.63, 3.8) is 0 Å². The van der Waals surface area contributed by atoms with Crippen LogP contribution in [0.2, 0.25) is 5.02 Å². The van der Waals surface area contributed by atoms with Crippen LogP contribution in [0.15, 0.2) is 54.7 Å². The first-order valence-corrected chi connectivity index (χ1v) is 10.1. The third-order valence-corrected chi connectivity index (χ3v) is 5.01. The Morgan fingerprint density at radius 2 is 2.03 bits per heavy atom. The van der Waals surface area contributed by atoms with Crippen molar-refractivity contribution in [3.05, 3.63) is 70.9 Å². The Labute approximate surface area is 191 Å². The molecule has 0 unspecified atom stereocenters. The van der Waals surface area contributed by atoms with Gasteiger partial charge in [0.05, 0.1) is 29.4 Å². The molecular formula is C22H17ClF3N3O4. The minimum atomic E-state index is -4.84. The zero-order valence-corrected chi connectivity index (χ0v) is 17.7. The molecule has 2 aromatic carbocycles. The molecule has 33 heavy (non-hydrogen) atoms. The summed E-state index contributed by atoms with van der Waals surface area (Å²) in [7, 11) is 0. The molecule has 172 valence electrons. The van der Waals surface area contributed by atoms with E-state index in [2.05, 4.69) is 15.0 Å². The summed E-state index contributed by atoms with van der Waals surface area (Å²) < 4.78 is 47.1. The van der Waals surface area contributed by atoms with Crippen LogP contribution in [-0.4, -0.2) is 35.5 Å². The molecule has 0 spiro atoms. The first kappa shape index (κ1) is 22.7. The van der Waals surface area contributed by atoms with Crippen molar-refractivity contribution in [1.82, 2.24) is 4.98 Å². The zero-order valence-electron chi connectivity index (χ0n) is 16.9. The van der Waals surface area contributed by atoms with Crippen LogP contribution < -0.4 is 19.7 Å². The number of fused-ring (bicyclic) bond motifs is 1. The average molecular weight is 480 g/mol. The number of pyridine rings is 1. The monoisotopic (exact) mass is 479 g/mol. The standard InChI is InChI=1S/C22H17ClF3N3O4/c23-17-9-13(12-30)11-27-20(17)29-7-8-32-19-16(5-2-6-18(19)29)21(31)28-14-3-1-4-15(10-14)33-22(24,25)26/h1-6,9-11,30H,7-8,12H2,(H,28,31). The fourth-order valence-corrected chi connectivity index (χ4v) is 3.66. The number of nitrogens with zero attached hydrogens (tertiary/aromatic N) is 2. The number of aliphatic hydroxyl groups excluding tert-OH is 1. The van der Waals surface area contributed by atoms with Crippen molar-refractivity contribution >= 4 is 34.7 Å². The maximum atomic E-state index is 12.9. The Kier molecular flexibility index (Phi) is 6.30. The van der Waals surface area contributed by atoms with Crippen LogP contribution in [-0.2, 0) is 6.61 Å². The summed E-state index contributed by atoms with van der Waals surface area (Å²) in [6, 6.07) is 11.5. The lowest BCUT2D eigenvalue weighted by Gasteiger charge is -2.32. The first-order chi connectivity index (χ1) is 15.7. The van der Waals surface area contributed by atoms with Gasteiger partial charge in [0.15, 0.2) is 11.6 Å². The molecule has 0 atom stereocenters. The number of halogens is 4. The van der Waals surface area contributed by atoms with Crippen LogP contribution in [0.25, 0.3) is 0 Å². The van der Waals surface area contributed by atoms with E-state index < -0.39 is 18.0 Å². The molecule has 2 heterocycles. The van der Waals surface area contributed by atoms with Crippen LogP contribution in [0, 0.1) is 0 Å². The van der Waals surface area contributed by atoms with Gasteiger partial charge in [-0.15, -0.1) is 13.2 Å². The van der Waals surface area contributed by atoms with E-state index in [4.69, 9.17) is 16.3 Å². The van der Waals surface area contributed by atoms with E-state index in [1.165, 1.54) is 24.4 Å². The number of alkyl halides is 3. The van der Waals surface area contributed by atoms with Crippen molar-refractivity contribution in [1.29, 1.82) is 0 Å². The van der Waals surface area contributed by atoms with Crippen molar-refractivity contribution < 1.29 is 32.5 Å². The second-order valence-electron chi connectivity index (χ2n) is 6.99. The molecule has 4 rings (SSSR count). The highest BCUT2D eigenvalue weighted by Gasteiger charge is 2.31. The molecular weight excluding hydrogens is 463 g/mol. The van der Waals surface area contributed by atoms with Crippen LogP contribution in [0.1, 0.15) is 15.9 Å². The summed E-state index contributed by atoms with van der Waals surface area (Å²) in [5.74, 6) is -0.307. The molecule has 1 aromatic heterocycles. The molecule has 2 N–H and O–H groups in total. The zero-order chi connectivity index (χ0) is 23.6. The summed E-state index contributed by atoms with van der Waals surface area (Å²) in [5.41, 5.74) is 1.41. The van der Waals surface area contributed by atoms with Gasteiger partial charge in [-0.3, -0.25) is 4.79 Å². The Balaban J connectivity index is 1.62. The lowest BCUT2D eigenvalue weighted by atomic mass is 10.1. The number of ether oxygens (including phenoxy) is 2. The number of para-hydroxylation sites is 1. The number of anilines is 3. The number of hydrogen-bond donors (Lipinski definition) is 2. The van der Waals surface area contributed by atoms with Gasteiger partial charge >= 0.3 is 6.36 Å².